The molecule has 0 radical (unpaired) electrons. The van der Waals surface area contributed by atoms with Gasteiger partial charge in [-0.1, -0.05) is 17.7 Å². The minimum Gasteiger partial charge on any atom is -0.493 e. The van der Waals surface area contributed by atoms with Crippen LogP contribution in [0.3, 0.4) is 0 Å². The summed E-state index contributed by atoms with van der Waals surface area (Å²) in [5, 5.41) is 10.5. The number of benzene rings is 2. The number of esters is 1. The first-order valence-corrected chi connectivity index (χ1v) is 9.74. The van der Waals surface area contributed by atoms with Gasteiger partial charge in [-0.3, -0.25) is 4.79 Å². The van der Waals surface area contributed by atoms with E-state index in [1.54, 1.807) is 43.3 Å². The van der Waals surface area contributed by atoms with Crippen molar-refractivity contribution in [3.8, 4) is 17.6 Å². The van der Waals surface area contributed by atoms with Crippen molar-refractivity contribution in [2.75, 3.05) is 13.7 Å². The number of aromatic nitrogens is 1. The summed E-state index contributed by atoms with van der Waals surface area (Å²) in [5.74, 6) is 0.149. The number of carbonyl (C=O) groups excluding carboxylic acids is 1. The quantitative estimate of drug-likeness (QED) is 0.336. The predicted molar refractivity (Wildman–Crippen MR) is 117 cm³/mol. The molecule has 3 aromatic rings. The number of rotatable bonds is 7. The number of nitrogens with zero attached hydrogens (tertiary/aromatic N) is 1. The molecule has 2 aromatic carbocycles. The molecule has 0 bridgehead atoms. The summed E-state index contributed by atoms with van der Waals surface area (Å²) in [6, 6.07) is 13.5. The fraction of sp³-hybridized carbons (Fsp3) is 0.174. The highest BCUT2D eigenvalue weighted by Crippen LogP contribution is 2.30. The van der Waals surface area contributed by atoms with Crippen LogP contribution in [0.1, 0.15) is 18.1 Å². The third kappa shape index (κ3) is 5.24. The maximum Gasteiger partial charge on any atom is 0.348 e. The van der Waals surface area contributed by atoms with Crippen LogP contribution in [0.25, 0.3) is 17.0 Å². The smallest absolute Gasteiger partial charge is 0.348 e. The molecule has 0 aliphatic rings. The Labute approximate surface area is 183 Å². The lowest BCUT2D eigenvalue weighted by molar-refractivity contribution is -0.137. The fourth-order valence-electron chi connectivity index (χ4n) is 2.98. The van der Waals surface area contributed by atoms with Crippen LogP contribution in [0.2, 0.25) is 5.02 Å². The van der Waals surface area contributed by atoms with Gasteiger partial charge in [-0.15, -0.1) is 0 Å². The molecular weight excluding hydrogens is 420 g/mol. The topological polar surface area (TPSA) is 101 Å². The zero-order chi connectivity index (χ0) is 22.4. The first-order chi connectivity index (χ1) is 14.9. The monoisotopic (exact) mass is 438 g/mol. The standard InChI is InChI=1S/C23H19ClN2O5/c1-3-30-23(28)15(12-25)8-14-4-7-20(21(9-14)29-2)31-13-16-10-22(27)26-19-6-5-17(24)11-18(16)19/h4-11H,3,13H2,1-2H3,(H,26,27). The number of pyridine rings is 1. The van der Waals surface area contributed by atoms with Gasteiger partial charge in [0.05, 0.1) is 13.7 Å². The summed E-state index contributed by atoms with van der Waals surface area (Å²) >= 11 is 6.09. The average molecular weight is 439 g/mol. The van der Waals surface area contributed by atoms with Crippen LogP contribution in [-0.4, -0.2) is 24.7 Å². The van der Waals surface area contributed by atoms with Crippen LogP contribution in [0, 0.1) is 11.3 Å². The zero-order valence-electron chi connectivity index (χ0n) is 16.9. The third-order valence-corrected chi connectivity index (χ3v) is 4.62. The number of fused-ring (bicyclic) bond motifs is 1. The summed E-state index contributed by atoms with van der Waals surface area (Å²) in [5.41, 5.74) is 1.53. The Bertz CT molecular complexity index is 1260. The highest BCUT2D eigenvalue weighted by Gasteiger charge is 2.12. The molecule has 8 heteroatoms. The Balaban J connectivity index is 1.88. The molecule has 3 rings (SSSR count). The van der Waals surface area contributed by atoms with Gasteiger partial charge in [0.25, 0.3) is 0 Å². The highest BCUT2D eigenvalue weighted by atomic mass is 35.5. The van der Waals surface area contributed by atoms with Crippen molar-refractivity contribution in [3.05, 3.63) is 74.5 Å². The minimum atomic E-state index is -0.691. The molecule has 0 aliphatic carbocycles. The number of nitrogens with one attached hydrogen (secondary N) is 1. The maximum absolute atomic E-state index is 12.0. The van der Waals surface area contributed by atoms with Gasteiger partial charge >= 0.3 is 5.97 Å². The number of carbonyl (C=O) groups is 1. The van der Waals surface area contributed by atoms with E-state index in [-0.39, 0.29) is 24.3 Å². The van der Waals surface area contributed by atoms with Crippen molar-refractivity contribution < 1.29 is 19.0 Å². The molecular formula is C23H19ClN2O5. The van der Waals surface area contributed by atoms with Gasteiger partial charge in [-0.05, 0) is 48.9 Å². The predicted octanol–water partition coefficient (Wildman–Crippen LogP) is 4.24. The Morgan fingerprint density at radius 1 is 1.19 bits per heavy atom. The molecule has 1 N–H and O–H groups in total. The van der Waals surface area contributed by atoms with E-state index >= 15 is 0 Å². The first-order valence-electron chi connectivity index (χ1n) is 9.36. The van der Waals surface area contributed by atoms with E-state index in [9.17, 15) is 14.9 Å². The van der Waals surface area contributed by atoms with E-state index in [4.69, 9.17) is 25.8 Å². The summed E-state index contributed by atoms with van der Waals surface area (Å²) in [4.78, 5) is 26.5. The lowest BCUT2D eigenvalue weighted by Gasteiger charge is -2.13. The summed E-state index contributed by atoms with van der Waals surface area (Å²) in [7, 11) is 1.48. The molecule has 158 valence electrons. The van der Waals surface area contributed by atoms with Gasteiger partial charge in [-0.2, -0.15) is 5.26 Å². The van der Waals surface area contributed by atoms with E-state index in [1.807, 2.05) is 6.07 Å². The van der Waals surface area contributed by atoms with Crippen LogP contribution < -0.4 is 15.0 Å². The molecule has 1 heterocycles. The maximum atomic E-state index is 12.0. The normalized spacial score (nSPS) is 11.1. The van der Waals surface area contributed by atoms with Crippen LogP contribution >= 0.6 is 11.6 Å². The molecule has 0 saturated heterocycles. The fourth-order valence-corrected chi connectivity index (χ4v) is 3.15. The zero-order valence-corrected chi connectivity index (χ0v) is 17.7. The Hall–Kier alpha value is -3.76. The molecule has 0 amide bonds. The molecule has 31 heavy (non-hydrogen) atoms. The molecule has 0 atom stereocenters. The van der Waals surface area contributed by atoms with Gasteiger partial charge in [0.2, 0.25) is 5.56 Å². The molecule has 0 aliphatic heterocycles. The van der Waals surface area contributed by atoms with E-state index in [1.165, 1.54) is 19.3 Å². The average Bonchev–Trinajstić information content (AvgIpc) is 2.76. The number of hydrogen-bond donors (Lipinski definition) is 1. The van der Waals surface area contributed by atoms with Crippen LogP contribution in [-0.2, 0) is 16.1 Å². The Morgan fingerprint density at radius 3 is 2.71 bits per heavy atom. The lowest BCUT2D eigenvalue weighted by Crippen LogP contribution is -2.08. The first kappa shape index (κ1) is 21.9. The van der Waals surface area contributed by atoms with Gasteiger partial charge in [0, 0.05) is 27.6 Å². The van der Waals surface area contributed by atoms with E-state index in [0.717, 1.165) is 5.39 Å². The van der Waals surface area contributed by atoms with Gasteiger partial charge in [0.1, 0.15) is 18.2 Å². The molecule has 0 saturated carbocycles. The number of nitriles is 1. The largest absolute Gasteiger partial charge is 0.493 e. The number of hydrogen-bond acceptors (Lipinski definition) is 6. The second kappa shape index (κ2) is 9.83. The summed E-state index contributed by atoms with van der Waals surface area (Å²) in [6.45, 7) is 1.95. The van der Waals surface area contributed by atoms with Crippen molar-refractivity contribution in [2.45, 2.75) is 13.5 Å². The van der Waals surface area contributed by atoms with Gasteiger partial charge in [0.15, 0.2) is 11.5 Å². The molecule has 7 nitrogen and oxygen atoms in total. The van der Waals surface area contributed by atoms with Crippen molar-refractivity contribution in [3.63, 3.8) is 0 Å². The summed E-state index contributed by atoms with van der Waals surface area (Å²) in [6.07, 6.45) is 1.41. The van der Waals surface area contributed by atoms with Gasteiger partial charge < -0.3 is 19.2 Å². The van der Waals surface area contributed by atoms with Crippen LogP contribution in [0.4, 0.5) is 0 Å². The number of aromatic amines is 1. The highest BCUT2D eigenvalue weighted by molar-refractivity contribution is 6.31. The molecule has 0 fully saturated rings. The van der Waals surface area contributed by atoms with Crippen molar-refractivity contribution >= 4 is 34.5 Å². The SMILES string of the molecule is CCOC(=O)C(C#N)=Cc1ccc(OCc2cc(=O)[nH]c3ccc(Cl)cc23)c(OC)c1. The van der Waals surface area contributed by atoms with E-state index in [2.05, 4.69) is 4.98 Å². The second-order valence-electron chi connectivity index (χ2n) is 6.44. The number of methoxy groups -OCH3 is 1. The lowest BCUT2D eigenvalue weighted by atomic mass is 10.1. The second-order valence-corrected chi connectivity index (χ2v) is 6.87. The van der Waals surface area contributed by atoms with E-state index < -0.39 is 5.97 Å². The molecule has 0 unspecified atom stereocenters. The van der Waals surface area contributed by atoms with E-state index in [0.29, 0.717) is 33.2 Å². The number of H-pyrrole nitrogens is 1. The van der Waals surface area contributed by atoms with Crippen LogP contribution in [0.5, 0.6) is 11.5 Å². The molecule has 0 spiro atoms. The minimum absolute atomic E-state index is 0.110. The molecule has 1 aromatic heterocycles. The van der Waals surface area contributed by atoms with Gasteiger partial charge in [-0.25, -0.2) is 4.79 Å². The summed E-state index contributed by atoms with van der Waals surface area (Å²) < 4.78 is 16.1. The Morgan fingerprint density at radius 2 is 2.00 bits per heavy atom. The Kier molecular flexibility index (Phi) is 6.96. The third-order valence-electron chi connectivity index (χ3n) is 4.39. The van der Waals surface area contributed by atoms with Crippen molar-refractivity contribution in [2.24, 2.45) is 0 Å². The van der Waals surface area contributed by atoms with Crippen molar-refractivity contribution in [1.29, 1.82) is 5.26 Å². The number of ether oxygens (including phenoxy) is 3. The number of halogens is 1. The van der Waals surface area contributed by atoms with Crippen molar-refractivity contribution in [1.82, 2.24) is 4.98 Å². The van der Waals surface area contributed by atoms with Crippen LogP contribution in [0.15, 0.2) is 52.8 Å².